The Morgan fingerprint density at radius 2 is 1.16 bits per heavy atom. The zero-order valence-corrected chi connectivity index (χ0v) is 32.3. The molecule has 17 nitrogen and oxygen atoms in total. The number of thiol groups is 1. The van der Waals surface area contributed by atoms with Crippen molar-refractivity contribution in [2.75, 3.05) is 12.4 Å². The molecule has 302 valence electrons. The number of carbonyl (C=O) groups is 6. The van der Waals surface area contributed by atoms with Crippen molar-refractivity contribution in [3.05, 3.63) is 72.1 Å². The smallest absolute Gasteiger partial charge is 0.245 e. The molecule has 4 aromatic rings. The highest BCUT2D eigenvalue weighted by molar-refractivity contribution is 7.80. The number of para-hydroxylation sites is 2. The Balaban J connectivity index is 1.52. The Kier molecular flexibility index (Phi) is 15.4. The third kappa shape index (κ3) is 11.3. The van der Waals surface area contributed by atoms with E-state index in [1.165, 1.54) is 6.92 Å². The van der Waals surface area contributed by atoms with Crippen LogP contribution in [0.3, 0.4) is 0 Å². The van der Waals surface area contributed by atoms with Crippen molar-refractivity contribution in [1.82, 2.24) is 36.6 Å². The molecule has 0 aliphatic carbocycles. The van der Waals surface area contributed by atoms with Crippen LogP contribution < -0.4 is 38.1 Å². The second-order valence-corrected chi connectivity index (χ2v) is 14.5. The summed E-state index contributed by atoms with van der Waals surface area (Å²) in [7, 11) is 0. The number of nitrogens with two attached hydrogens (primary N) is 2. The van der Waals surface area contributed by atoms with Gasteiger partial charge in [-0.15, -0.1) is 0 Å². The van der Waals surface area contributed by atoms with E-state index in [2.05, 4.69) is 49.2 Å². The van der Waals surface area contributed by atoms with Gasteiger partial charge in [0.15, 0.2) is 0 Å². The number of amides is 6. The highest BCUT2D eigenvalue weighted by Crippen LogP contribution is 2.20. The van der Waals surface area contributed by atoms with Gasteiger partial charge >= 0.3 is 0 Å². The van der Waals surface area contributed by atoms with Gasteiger partial charge in [0.2, 0.25) is 35.4 Å². The molecule has 0 fully saturated rings. The number of carbonyl (C=O) groups excluding carboxylic acids is 6. The average molecular weight is 794 g/mol. The summed E-state index contributed by atoms with van der Waals surface area (Å²) in [6.45, 7) is 4.09. The summed E-state index contributed by atoms with van der Waals surface area (Å²) in [6.07, 6.45) is 2.18. The molecule has 13 N–H and O–H groups in total. The lowest BCUT2D eigenvalue weighted by Gasteiger charge is -2.28. The van der Waals surface area contributed by atoms with Crippen LogP contribution in [0.5, 0.6) is 0 Å². The molecular formula is C38H51N9O8S. The highest BCUT2D eigenvalue weighted by atomic mass is 32.1. The van der Waals surface area contributed by atoms with E-state index in [9.17, 15) is 39.0 Å². The molecule has 0 spiro atoms. The second kappa shape index (κ2) is 19.9. The molecule has 0 radical (unpaired) electrons. The number of aliphatic hydroxyl groups is 2. The van der Waals surface area contributed by atoms with Gasteiger partial charge in [-0.3, -0.25) is 28.8 Å². The van der Waals surface area contributed by atoms with Crippen LogP contribution in [0.15, 0.2) is 60.9 Å². The molecule has 0 saturated carbocycles. The first kappa shape index (κ1) is 43.3. The van der Waals surface area contributed by atoms with Gasteiger partial charge in [-0.05, 0) is 48.9 Å². The first-order valence-corrected chi connectivity index (χ1v) is 18.8. The molecule has 2 aromatic heterocycles. The molecule has 6 amide bonds. The molecule has 0 aliphatic rings. The second-order valence-electron chi connectivity index (χ2n) is 14.1. The summed E-state index contributed by atoms with van der Waals surface area (Å²) in [5, 5.41) is 34.9. The Bertz CT molecular complexity index is 2010. The highest BCUT2D eigenvalue weighted by Gasteiger charge is 2.35. The fourth-order valence-electron chi connectivity index (χ4n) is 6.21. The average Bonchev–Trinajstić information content (AvgIpc) is 3.77. The fourth-order valence-corrected chi connectivity index (χ4v) is 6.48. The number of rotatable bonds is 20. The van der Waals surface area contributed by atoms with Crippen molar-refractivity contribution in [1.29, 1.82) is 0 Å². The standard InChI is InChI=1S/C38H51N9O8S/c1-19(2)12-28(43-34(51)25(39)13-21-15-41-26-10-6-4-8-23(21)26)36(53)47-32(20(3)49)38(55)44-29(14-22-16-42-27-11-7-5-9-24(22)27)35(52)45-30(17-48)37(54)46-31(18-56)33(40)50/h4-11,15-16,19-20,25,28-32,41-42,48-49,56H,12-14,17-18,39H2,1-3H3,(H2,40,50)(H,43,51)(H,44,55)(H,45,52)(H,46,54)(H,47,53)/t20-,25+,28+,29+,30+,31+,32+/m1/s1. The van der Waals surface area contributed by atoms with Crippen LogP contribution in [0.25, 0.3) is 21.8 Å². The SMILES string of the molecule is CC(C)C[C@H](NC(=O)[C@@H](N)Cc1c[nH]c2ccccc12)C(=O)N[C@H](C(=O)N[C@@H](Cc1c[nH]c2ccccc12)C(=O)N[C@@H](CO)C(=O)N[C@@H](CS)C(N)=O)[C@@H](C)O. The number of aliphatic hydroxyl groups excluding tert-OH is 2. The quantitative estimate of drug-likeness (QED) is 0.0489. The number of H-pyrrole nitrogens is 2. The molecule has 2 aromatic carbocycles. The predicted octanol–water partition coefficient (Wildman–Crippen LogP) is -0.980. The van der Waals surface area contributed by atoms with Crippen LogP contribution in [0, 0.1) is 5.92 Å². The van der Waals surface area contributed by atoms with Crippen LogP contribution in [0.2, 0.25) is 0 Å². The molecular weight excluding hydrogens is 743 g/mol. The van der Waals surface area contributed by atoms with Gasteiger partial charge in [-0.25, -0.2) is 0 Å². The third-order valence-corrected chi connectivity index (χ3v) is 9.61. The molecule has 0 unspecified atom stereocenters. The number of benzene rings is 2. The number of hydrogen-bond donors (Lipinski definition) is 12. The fraction of sp³-hybridized carbons (Fsp3) is 0.421. The molecule has 4 rings (SSSR count). The van der Waals surface area contributed by atoms with Gasteiger partial charge in [0.05, 0.1) is 18.8 Å². The monoisotopic (exact) mass is 793 g/mol. The van der Waals surface area contributed by atoms with Gasteiger partial charge in [0.1, 0.15) is 30.2 Å². The van der Waals surface area contributed by atoms with E-state index in [1.807, 2.05) is 50.2 Å². The normalized spacial score (nSPS) is 15.2. The predicted molar refractivity (Wildman–Crippen MR) is 213 cm³/mol. The number of nitrogens with one attached hydrogen (secondary N) is 7. The molecule has 0 saturated heterocycles. The minimum Gasteiger partial charge on any atom is -0.394 e. The number of primary amides is 1. The van der Waals surface area contributed by atoms with Gasteiger partial charge in [-0.1, -0.05) is 50.2 Å². The Labute approximate surface area is 328 Å². The maximum absolute atomic E-state index is 13.9. The first-order valence-electron chi connectivity index (χ1n) is 18.2. The van der Waals surface area contributed by atoms with Crippen molar-refractivity contribution < 1.29 is 39.0 Å². The maximum atomic E-state index is 13.9. The summed E-state index contributed by atoms with van der Waals surface area (Å²) < 4.78 is 0. The lowest BCUT2D eigenvalue weighted by molar-refractivity contribution is -0.137. The Morgan fingerprint density at radius 1 is 0.679 bits per heavy atom. The largest absolute Gasteiger partial charge is 0.394 e. The third-order valence-electron chi connectivity index (χ3n) is 9.24. The van der Waals surface area contributed by atoms with Crippen molar-refractivity contribution in [2.24, 2.45) is 17.4 Å². The number of aromatic nitrogens is 2. The van der Waals surface area contributed by atoms with Crippen LogP contribution in [-0.4, -0.2) is 110 Å². The number of hydrogen-bond acceptors (Lipinski definition) is 10. The van der Waals surface area contributed by atoms with Crippen LogP contribution in [0.4, 0.5) is 0 Å². The van der Waals surface area contributed by atoms with Crippen molar-refractivity contribution >= 4 is 69.9 Å². The van der Waals surface area contributed by atoms with Crippen LogP contribution in [0.1, 0.15) is 38.3 Å². The molecule has 18 heteroatoms. The lowest BCUT2D eigenvalue weighted by Crippen LogP contribution is -2.62. The molecule has 0 aliphatic heterocycles. The molecule has 7 atom stereocenters. The minimum absolute atomic E-state index is 0.0818. The van der Waals surface area contributed by atoms with E-state index >= 15 is 0 Å². The first-order chi connectivity index (χ1) is 26.6. The minimum atomic E-state index is -1.60. The summed E-state index contributed by atoms with van der Waals surface area (Å²) in [5.41, 5.74) is 14.6. The topological polar surface area (TPSA) is 287 Å². The number of fused-ring (bicyclic) bond motifs is 2. The van der Waals surface area contributed by atoms with Gasteiger partial charge in [-0.2, -0.15) is 12.6 Å². The zero-order chi connectivity index (χ0) is 41.1. The number of aromatic amines is 2. The van der Waals surface area contributed by atoms with E-state index < -0.39 is 84.4 Å². The summed E-state index contributed by atoms with van der Waals surface area (Å²) in [6, 6.07) is 6.88. The molecule has 0 bridgehead atoms. The zero-order valence-electron chi connectivity index (χ0n) is 31.4. The maximum Gasteiger partial charge on any atom is 0.245 e. The Morgan fingerprint density at radius 3 is 1.68 bits per heavy atom. The lowest BCUT2D eigenvalue weighted by atomic mass is 10.00. The summed E-state index contributed by atoms with van der Waals surface area (Å²) in [4.78, 5) is 85.5. The van der Waals surface area contributed by atoms with E-state index in [1.54, 1.807) is 24.5 Å². The summed E-state index contributed by atoms with van der Waals surface area (Å²) in [5.74, 6) is -5.24. The van der Waals surface area contributed by atoms with Crippen LogP contribution in [-0.2, 0) is 41.6 Å². The van der Waals surface area contributed by atoms with Gasteiger partial charge in [0, 0.05) is 46.4 Å². The van der Waals surface area contributed by atoms with E-state index in [0.717, 1.165) is 27.4 Å². The van der Waals surface area contributed by atoms with Crippen molar-refractivity contribution in [3.8, 4) is 0 Å². The molecule has 56 heavy (non-hydrogen) atoms. The van der Waals surface area contributed by atoms with E-state index in [4.69, 9.17) is 11.5 Å². The van der Waals surface area contributed by atoms with E-state index in [0.29, 0.717) is 5.56 Å². The van der Waals surface area contributed by atoms with E-state index in [-0.39, 0.29) is 30.9 Å². The van der Waals surface area contributed by atoms with Gasteiger partial charge < -0.3 is 58.2 Å². The van der Waals surface area contributed by atoms with Crippen molar-refractivity contribution in [2.45, 2.75) is 82.4 Å². The Hall–Kier alpha value is -5.43. The van der Waals surface area contributed by atoms with Crippen LogP contribution >= 0.6 is 12.6 Å². The van der Waals surface area contributed by atoms with Gasteiger partial charge in [0.25, 0.3) is 0 Å². The molecule has 2 heterocycles. The van der Waals surface area contributed by atoms with Crippen molar-refractivity contribution in [3.63, 3.8) is 0 Å². The summed E-state index contributed by atoms with van der Waals surface area (Å²) >= 11 is 3.99.